The molecule has 0 unspecified atom stereocenters. The Labute approximate surface area is 56.1 Å². The topological polar surface area (TPSA) is 0 Å². The van der Waals surface area contributed by atoms with Crippen LogP contribution in [0.3, 0.4) is 0 Å². The van der Waals surface area contributed by atoms with E-state index in [1.54, 1.807) is 0 Å². The summed E-state index contributed by atoms with van der Waals surface area (Å²) in [5, 5.41) is 2.65. The minimum absolute atomic E-state index is 0.674. The fraction of sp³-hybridized carbons (Fsp3) is 0.714. The second-order valence-electron chi connectivity index (χ2n) is 2.24. The molecule has 0 atom stereocenters. The van der Waals surface area contributed by atoms with Gasteiger partial charge in [-0.25, -0.2) is 0 Å². The van der Waals surface area contributed by atoms with Gasteiger partial charge in [-0.05, 0) is 18.1 Å². The zero-order valence-corrected chi connectivity index (χ0v) is 5.75. The van der Waals surface area contributed by atoms with Crippen LogP contribution in [0.5, 0.6) is 0 Å². The van der Waals surface area contributed by atoms with E-state index in [9.17, 15) is 0 Å². The third-order valence-electron chi connectivity index (χ3n) is 1.62. The van der Waals surface area contributed by atoms with Gasteiger partial charge in [0.2, 0.25) is 0 Å². The van der Waals surface area contributed by atoms with E-state index in [0.29, 0.717) is 5.92 Å². The van der Waals surface area contributed by atoms with E-state index in [1.807, 2.05) is 0 Å². The van der Waals surface area contributed by atoms with Gasteiger partial charge >= 0.3 is 0 Å². The molecule has 0 nitrogen and oxygen atoms in total. The first-order valence-corrected chi connectivity index (χ1v) is 3.53. The molecule has 0 radical (unpaired) electrons. The molecular formula is C7H10S. The minimum atomic E-state index is 0.674. The summed E-state index contributed by atoms with van der Waals surface area (Å²) in [6.07, 6.45) is 5.33. The van der Waals surface area contributed by atoms with Gasteiger partial charge in [0, 0.05) is 5.92 Å². The number of thiol groups is 1. The number of hydrogen-bond donors (Lipinski definition) is 1. The van der Waals surface area contributed by atoms with Gasteiger partial charge in [-0.15, -0.1) is 0 Å². The van der Waals surface area contributed by atoms with Gasteiger partial charge in [0.1, 0.15) is 0 Å². The highest BCUT2D eigenvalue weighted by molar-refractivity contribution is 7.85. The first-order chi connectivity index (χ1) is 3.93. The highest BCUT2D eigenvalue weighted by Crippen LogP contribution is 2.23. The maximum absolute atomic E-state index is 3.83. The van der Waals surface area contributed by atoms with Crippen molar-refractivity contribution in [3.05, 3.63) is 0 Å². The minimum Gasteiger partial charge on any atom is -0.0922 e. The van der Waals surface area contributed by atoms with Crippen LogP contribution in [-0.4, -0.2) is 0 Å². The predicted molar refractivity (Wildman–Crippen MR) is 38.7 cm³/mol. The second kappa shape index (κ2) is 3.04. The Hall–Kier alpha value is -0.0900. The average molecular weight is 126 g/mol. The molecule has 0 saturated heterocycles. The van der Waals surface area contributed by atoms with Crippen molar-refractivity contribution in [3.8, 4) is 11.2 Å². The van der Waals surface area contributed by atoms with Gasteiger partial charge in [0.05, 0.1) is 0 Å². The van der Waals surface area contributed by atoms with Crippen LogP contribution in [0.15, 0.2) is 0 Å². The lowest BCUT2D eigenvalue weighted by Gasteiger charge is -1.92. The Morgan fingerprint density at radius 2 is 1.88 bits per heavy atom. The highest BCUT2D eigenvalue weighted by atomic mass is 32.1. The number of rotatable bonds is 0. The molecule has 1 aliphatic rings. The van der Waals surface area contributed by atoms with Crippen molar-refractivity contribution < 1.29 is 0 Å². The van der Waals surface area contributed by atoms with Crippen LogP contribution in [0.4, 0.5) is 0 Å². The van der Waals surface area contributed by atoms with Crippen LogP contribution in [-0.2, 0) is 0 Å². The summed E-state index contributed by atoms with van der Waals surface area (Å²) < 4.78 is 0. The monoisotopic (exact) mass is 126 g/mol. The van der Waals surface area contributed by atoms with Crippen LogP contribution >= 0.6 is 12.6 Å². The Bertz CT molecular complexity index is 112. The van der Waals surface area contributed by atoms with Gasteiger partial charge in [-0.1, -0.05) is 31.4 Å². The van der Waals surface area contributed by atoms with E-state index >= 15 is 0 Å². The molecule has 1 heteroatoms. The fourth-order valence-corrected chi connectivity index (χ4v) is 1.34. The molecule has 0 aliphatic heterocycles. The largest absolute Gasteiger partial charge is 0.0922 e. The van der Waals surface area contributed by atoms with Crippen molar-refractivity contribution >= 4 is 12.6 Å². The van der Waals surface area contributed by atoms with E-state index < -0.39 is 0 Å². The molecule has 0 amide bonds. The van der Waals surface area contributed by atoms with Crippen molar-refractivity contribution in [2.24, 2.45) is 5.92 Å². The molecule has 0 spiro atoms. The third-order valence-corrected chi connectivity index (χ3v) is 1.75. The third kappa shape index (κ3) is 1.45. The summed E-state index contributed by atoms with van der Waals surface area (Å²) in [5.41, 5.74) is 0. The van der Waals surface area contributed by atoms with E-state index in [4.69, 9.17) is 0 Å². The molecule has 0 N–H and O–H groups in total. The van der Waals surface area contributed by atoms with Crippen LogP contribution in [0.2, 0.25) is 0 Å². The summed E-state index contributed by atoms with van der Waals surface area (Å²) in [6, 6.07) is 0. The van der Waals surface area contributed by atoms with E-state index in [-0.39, 0.29) is 0 Å². The van der Waals surface area contributed by atoms with Crippen LogP contribution in [0.25, 0.3) is 0 Å². The van der Waals surface area contributed by atoms with Gasteiger partial charge in [-0.2, -0.15) is 0 Å². The maximum atomic E-state index is 3.83. The molecular weight excluding hydrogens is 116 g/mol. The first-order valence-electron chi connectivity index (χ1n) is 3.08. The standard InChI is InChI=1S/C7H10S/c8-6-5-7-3-1-2-4-7/h7-8H,1-4H2. The molecule has 0 aromatic carbocycles. The summed E-state index contributed by atoms with van der Waals surface area (Å²) in [4.78, 5) is 0. The Morgan fingerprint density at radius 1 is 1.25 bits per heavy atom. The molecule has 1 rings (SSSR count). The Balaban J connectivity index is 2.32. The fourth-order valence-electron chi connectivity index (χ4n) is 1.16. The van der Waals surface area contributed by atoms with Crippen molar-refractivity contribution in [1.82, 2.24) is 0 Å². The quantitative estimate of drug-likeness (QED) is 0.373. The van der Waals surface area contributed by atoms with Crippen molar-refractivity contribution in [1.29, 1.82) is 0 Å². The zero-order valence-electron chi connectivity index (χ0n) is 4.85. The molecule has 0 aromatic heterocycles. The summed E-state index contributed by atoms with van der Waals surface area (Å²) in [7, 11) is 0. The smallest absolute Gasteiger partial charge is 0.0211 e. The van der Waals surface area contributed by atoms with Crippen LogP contribution in [0.1, 0.15) is 25.7 Å². The lowest BCUT2D eigenvalue weighted by Crippen LogP contribution is -1.84. The van der Waals surface area contributed by atoms with E-state index in [1.165, 1.54) is 25.7 Å². The van der Waals surface area contributed by atoms with Gasteiger partial charge in [0.15, 0.2) is 0 Å². The van der Waals surface area contributed by atoms with Crippen molar-refractivity contribution in [3.63, 3.8) is 0 Å². The Morgan fingerprint density at radius 3 is 2.38 bits per heavy atom. The second-order valence-corrected chi connectivity index (χ2v) is 2.46. The highest BCUT2D eigenvalue weighted by Gasteiger charge is 2.10. The van der Waals surface area contributed by atoms with Gasteiger partial charge in [0.25, 0.3) is 0 Å². The maximum Gasteiger partial charge on any atom is 0.0211 e. The average Bonchev–Trinajstić information content (AvgIpc) is 2.19. The van der Waals surface area contributed by atoms with E-state index in [2.05, 4.69) is 23.8 Å². The van der Waals surface area contributed by atoms with Gasteiger partial charge < -0.3 is 0 Å². The Kier molecular flexibility index (Phi) is 2.29. The molecule has 44 valence electrons. The lowest BCUT2D eigenvalue weighted by molar-refractivity contribution is 0.712. The normalized spacial score (nSPS) is 20.1. The summed E-state index contributed by atoms with van der Waals surface area (Å²) in [5.74, 6) is 3.73. The lowest BCUT2D eigenvalue weighted by atomic mass is 10.1. The summed E-state index contributed by atoms with van der Waals surface area (Å²) in [6.45, 7) is 0. The SMILES string of the molecule is SC#CC1CCCC1. The van der Waals surface area contributed by atoms with Crippen LogP contribution < -0.4 is 0 Å². The molecule has 8 heavy (non-hydrogen) atoms. The van der Waals surface area contributed by atoms with Crippen molar-refractivity contribution in [2.75, 3.05) is 0 Å². The molecule has 0 heterocycles. The number of hydrogen-bond acceptors (Lipinski definition) is 1. The molecule has 1 aliphatic carbocycles. The molecule has 0 bridgehead atoms. The van der Waals surface area contributed by atoms with Crippen LogP contribution in [0, 0.1) is 17.1 Å². The van der Waals surface area contributed by atoms with E-state index in [0.717, 1.165) is 0 Å². The first kappa shape index (κ1) is 6.04. The summed E-state index contributed by atoms with van der Waals surface area (Å²) >= 11 is 3.83. The van der Waals surface area contributed by atoms with Crippen molar-refractivity contribution in [2.45, 2.75) is 25.7 Å². The predicted octanol–water partition coefficient (Wildman–Crippen LogP) is 2.07. The van der Waals surface area contributed by atoms with Gasteiger partial charge in [-0.3, -0.25) is 0 Å². The molecule has 1 fully saturated rings. The molecule has 0 aromatic rings. The zero-order chi connectivity index (χ0) is 5.82. The molecule has 1 saturated carbocycles.